The van der Waals surface area contributed by atoms with Crippen molar-refractivity contribution in [1.29, 1.82) is 0 Å². The van der Waals surface area contributed by atoms with Crippen molar-refractivity contribution < 1.29 is 19.8 Å². The maximum absolute atomic E-state index is 10.1. The van der Waals surface area contributed by atoms with E-state index in [1.807, 2.05) is 0 Å². The number of aliphatic carboxylic acids is 1. The molecule has 0 spiro atoms. The molecule has 0 aliphatic rings. The molecule has 0 aromatic carbocycles. The molecular weight excluding hydrogens is 156 g/mol. The van der Waals surface area contributed by atoms with Gasteiger partial charge in [-0.15, -0.1) is 10.1 Å². The second kappa shape index (κ2) is 3.71. The highest BCUT2D eigenvalue weighted by Crippen LogP contribution is 1.95. The summed E-state index contributed by atoms with van der Waals surface area (Å²) in [4.78, 5) is 23.7. The zero-order valence-electron chi connectivity index (χ0n) is 5.76. The maximum Gasteiger partial charge on any atom is 0.322 e. The number of hydrogen-bond acceptors (Lipinski definition) is 5. The van der Waals surface area contributed by atoms with Crippen molar-refractivity contribution in [2.24, 2.45) is 5.73 Å². The van der Waals surface area contributed by atoms with E-state index in [1.165, 1.54) is 6.92 Å². The molecule has 2 unspecified atom stereocenters. The highest BCUT2D eigenvalue weighted by atomic mass is 17.0. The smallest absolute Gasteiger partial charge is 0.322 e. The Balaban J connectivity index is 3.92. The minimum Gasteiger partial charge on any atom is -0.480 e. The van der Waals surface area contributed by atoms with Gasteiger partial charge in [0.25, 0.3) is 5.09 Å². The molecule has 7 heteroatoms. The van der Waals surface area contributed by atoms with E-state index >= 15 is 0 Å². The van der Waals surface area contributed by atoms with Crippen molar-refractivity contribution >= 4 is 5.97 Å². The standard InChI is InChI=1S/C4H8N2O5/c1-2(11-6(9)10)3(5)4(7)8/h2-3H,5H2,1H3,(H,7,8). The molecule has 0 bridgehead atoms. The van der Waals surface area contributed by atoms with E-state index < -0.39 is 23.2 Å². The van der Waals surface area contributed by atoms with Gasteiger partial charge in [-0.1, -0.05) is 0 Å². The normalized spacial score (nSPS) is 15.1. The lowest BCUT2D eigenvalue weighted by Crippen LogP contribution is -2.42. The monoisotopic (exact) mass is 164 g/mol. The van der Waals surface area contributed by atoms with E-state index in [1.54, 1.807) is 0 Å². The Hall–Kier alpha value is -1.37. The first-order valence-corrected chi connectivity index (χ1v) is 2.74. The molecule has 0 fully saturated rings. The molecule has 0 radical (unpaired) electrons. The lowest BCUT2D eigenvalue weighted by molar-refractivity contribution is -0.767. The molecule has 64 valence electrons. The number of nitrogens with zero attached hydrogens (tertiary/aromatic N) is 1. The number of carbonyl (C=O) groups is 1. The van der Waals surface area contributed by atoms with Crippen molar-refractivity contribution in [2.75, 3.05) is 0 Å². The topological polar surface area (TPSA) is 116 Å². The van der Waals surface area contributed by atoms with E-state index in [9.17, 15) is 14.9 Å². The Bertz CT molecular complexity index is 170. The molecule has 0 rings (SSSR count). The van der Waals surface area contributed by atoms with Crippen LogP contribution in [0.25, 0.3) is 0 Å². The minimum absolute atomic E-state index is 1.08. The summed E-state index contributed by atoms with van der Waals surface area (Å²) in [5.41, 5.74) is 4.98. The third-order valence-corrected chi connectivity index (χ3v) is 1.04. The molecule has 0 saturated heterocycles. The zero-order valence-corrected chi connectivity index (χ0v) is 5.76. The van der Waals surface area contributed by atoms with Gasteiger partial charge in [0, 0.05) is 0 Å². The van der Waals surface area contributed by atoms with Gasteiger partial charge < -0.3 is 15.7 Å². The molecule has 11 heavy (non-hydrogen) atoms. The maximum atomic E-state index is 10.1. The molecule has 0 aromatic rings. The summed E-state index contributed by atoms with van der Waals surface area (Å²) < 4.78 is 0. The van der Waals surface area contributed by atoms with Crippen LogP contribution >= 0.6 is 0 Å². The summed E-state index contributed by atoms with van der Waals surface area (Å²) in [6.45, 7) is 1.21. The lowest BCUT2D eigenvalue weighted by Gasteiger charge is -2.12. The quantitative estimate of drug-likeness (QED) is 0.406. The fourth-order valence-electron chi connectivity index (χ4n) is 0.402. The number of carboxylic acid groups (broad SMARTS) is 1. The van der Waals surface area contributed by atoms with E-state index in [0.29, 0.717) is 0 Å². The fraction of sp³-hybridized carbons (Fsp3) is 0.750. The van der Waals surface area contributed by atoms with Crippen LogP contribution in [0.1, 0.15) is 6.92 Å². The van der Waals surface area contributed by atoms with Crippen LogP contribution in [0, 0.1) is 10.1 Å². The summed E-state index contributed by atoms with van der Waals surface area (Å²) >= 11 is 0. The molecule has 0 heterocycles. The lowest BCUT2D eigenvalue weighted by atomic mass is 10.2. The van der Waals surface area contributed by atoms with Gasteiger partial charge in [-0.2, -0.15) is 0 Å². The molecule has 2 atom stereocenters. The van der Waals surface area contributed by atoms with Crippen molar-refractivity contribution in [1.82, 2.24) is 0 Å². The predicted molar refractivity (Wildman–Crippen MR) is 33.2 cm³/mol. The average Bonchev–Trinajstić information content (AvgIpc) is 1.84. The first-order chi connectivity index (χ1) is 4.95. The van der Waals surface area contributed by atoms with Crippen molar-refractivity contribution in [2.45, 2.75) is 19.1 Å². The molecular formula is C4H8N2O5. The predicted octanol–water partition coefficient (Wildman–Crippen LogP) is -1.00. The summed E-state index contributed by atoms with van der Waals surface area (Å²) in [6, 6.07) is -1.37. The molecule has 0 saturated carbocycles. The number of hydrogen-bond donors (Lipinski definition) is 2. The van der Waals surface area contributed by atoms with Gasteiger partial charge in [0.1, 0.15) is 12.1 Å². The van der Waals surface area contributed by atoms with Gasteiger partial charge in [-0.05, 0) is 6.92 Å². The summed E-state index contributed by atoms with van der Waals surface area (Å²) in [6.07, 6.45) is -1.14. The Morgan fingerprint density at radius 3 is 2.55 bits per heavy atom. The Morgan fingerprint density at radius 2 is 2.27 bits per heavy atom. The van der Waals surface area contributed by atoms with Crippen LogP contribution in [0.5, 0.6) is 0 Å². The number of nitrogens with two attached hydrogens (primary N) is 1. The molecule has 7 nitrogen and oxygen atoms in total. The van der Waals surface area contributed by atoms with E-state index in [2.05, 4.69) is 4.84 Å². The summed E-state index contributed by atoms with van der Waals surface area (Å²) in [7, 11) is 0. The van der Waals surface area contributed by atoms with Crippen LogP contribution in [-0.4, -0.2) is 28.3 Å². The van der Waals surface area contributed by atoms with Crippen molar-refractivity contribution in [3.05, 3.63) is 10.1 Å². The van der Waals surface area contributed by atoms with Crippen LogP contribution in [0.3, 0.4) is 0 Å². The molecule has 0 aliphatic heterocycles. The Labute approximate surface area is 61.9 Å². The highest BCUT2D eigenvalue weighted by Gasteiger charge is 2.22. The average molecular weight is 164 g/mol. The number of rotatable bonds is 4. The SMILES string of the molecule is CC(O[N+](=O)[O-])C(N)C(=O)O. The third kappa shape index (κ3) is 3.36. The fourth-order valence-corrected chi connectivity index (χ4v) is 0.402. The van der Waals surface area contributed by atoms with Crippen LogP contribution < -0.4 is 5.73 Å². The van der Waals surface area contributed by atoms with Gasteiger partial charge in [0.15, 0.2) is 0 Å². The van der Waals surface area contributed by atoms with Gasteiger partial charge in [-0.3, -0.25) is 4.79 Å². The largest absolute Gasteiger partial charge is 0.480 e. The second-order valence-corrected chi connectivity index (χ2v) is 1.90. The first kappa shape index (κ1) is 9.63. The van der Waals surface area contributed by atoms with Crippen molar-refractivity contribution in [3.63, 3.8) is 0 Å². The van der Waals surface area contributed by atoms with Gasteiger partial charge in [0.05, 0.1) is 0 Å². The second-order valence-electron chi connectivity index (χ2n) is 1.90. The molecule has 3 N–H and O–H groups in total. The minimum atomic E-state index is -1.37. The molecule has 0 aromatic heterocycles. The van der Waals surface area contributed by atoms with Crippen LogP contribution in [0.2, 0.25) is 0 Å². The number of carboxylic acids is 1. The van der Waals surface area contributed by atoms with Crippen molar-refractivity contribution in [3.8, 4) is 0 Å². The first-order valence-electron chi connectivity index (χ1n) is 2.74. The zero-order chi connectivity index (χ0) is 9.02. The highest BCUT2D eigenvalue weighted by molar-refractivity contribution is 5.73. The molecule has 0 amide bonds. The van der Waals surface area contributed by atoms with Gasteiger partial charge in [0.2, 0.25) is 0 Å². The van der Waals surface area contributed by atoms with E-state index in [4.69, 9.17) is 10.8 Å². The van der Waals surface area contributed by atoms with E-state index in [0.717, 1.165) is 0 Å². The van der Waals surface area contributed by atoms with Crippen LogP contribution in [0.4, 0.5) is 0 Å². The Kier molecular flexibility index (Phi) is 3.25. The van der Waals surface area contributed by atoms with Crippen LogP contribution in [-0.2, 0) is 9.63 Å². The molecule has 0 aliphatic carbocycles. The van der Waals surface area contributed by atoms with Gasteiger partial charge >= 0.3 is 5.97 Å². The Morgan fingerprint density at radius 1 is 1.82 bits per heavy atom. The van der Waals surface area contributed by atoms with Gasteiger partial charge in [-0.25, -0.2) is 0 Å². The summed E-state index contributed by atoms with van der Waals surface area (Å²) in [5.74, 6) is -1.33. The third-order valence-electron chi connectivity index (χ3n) is 1.04. The van der Waals surface area contributed by atoms with Crippen LogP contribution in [0.15, 0.2) is 0 Å². The van der Waals surface area contributed by atoms with E-state index in [-0.39, 0.29) is 0 Å². The summed E-state index contributed by atoms with van der Waals surface area (Å²) in [5, 5.41) is 16.8.